The lowest BCUT2D eigenvalue weighted by Gasteiger charge is -2.34. The van der Waals surface area contributed by atoms with Crippen molar-refractivity contribution in [2.45, 2.75) is 18.4 Å². The fraction of sp³-hybridized carbons (Fsp3) is 0.438. The number of halogens is 2. The smallest absolute Gasteiger partial charge is 0.243 e. The summed E-state index contributed by atoms with van der Waals surface area (Å²) in [6.45, 7) is 5.25. The average Bonchev–Trinajstić information content (AvgIpc) is 2.97. The van der Waals surface area contributed by atoms with Crippen molar-refractivity contribution in [1.29, 1.82) is 0 Å². The monoisotopic (exact) mass is 370 g/mol. The van der Waals surface area contributed by atoms with Gasteiger partial charge in [-0.3, -0.25) is 4.90 Å². The molecule has 0 unspecified atom stereocenters. The number of aryl methyl sites for hydroxylation is 1. The highest BCUT2D eigenvalue weighted by Gasteiger charge is 2.29. The van der Waals surface area contributed by atoms with Gasteiger partial charge in [0.05, 0.1) is 4.90 Å². The highest BCUT2D eigenvalue weighted by molar-refractivity contribution is 7.89. The van der Waals surface area contributed by atoms with Crippen LogP contribution in [0.15, 0.2) is 35.5 Å². The number of rotatable bonds is 5. The lowest BCUT2D eigenvalue weighted by atomic mass is 10.3. The molecule has 0 atom stereocenters. The molecule has 0 spiro atoms. The van der Waals surface area contributed by atoms with E-state index in [0.29, 0.717) is 32.2 Å². The molecule has 3 rings (SSSR count). The van der Waals surface area contributed by atoms with Crippen molar-refractivity contribution in [2.75, 3.05) is 32.7 Å². The zero-order valence-corrected chi connectivity index (χ0v) is 14.7. The van der Waals surface area contributed by atoms with Gasteiger partial charge in [0.15, 0.2) is 0 Å². The summed E-state index contributed by atoms with van der Waals surface area (Å²) in [5.41, 5.74) is 0. The number of benzene rings is 1. The molecule has 1 aromatic carbocycles. The van der Waals surface area contributed by atoms with E-state index in [0.717, 1.165) is 31.0 Å². The minimum Gasteiger partial charge on any atom is -0.334 e. The van der Waals surface area contributed by atoms with Crippen molar-refractivity contribution >= 4 is 10.0 Å². The standard InChI is InChI=1S/C16H20F2N4O2S/c1-13-19-2-3-21(13)7-4-20-5-8-22(9-6-20)25(23,24)16-11-14(17)10-15(18)12-16/h2-3,10-12H,4-9H2,1H3. The van der Waals surface area contributed by atoms with Crippen LogP contribution in [0.3, 0.4) is 0 Å². The van der Waals surface area contributed by atoms with Crippen LogP contribution in [0.1, 0.15) is 5.82 Å². The van der Waals surface area contributed by atoms with E-state index in [9.17, 15) is 17.2 Å². The van der Waals surface area contributed by atoms with E-state index in [1.54, 1.807) is 6.20 Å². The molecule has 1 aromatic heterocycles. The Kier molecular flexibility index (Phi) is 5.16. The third-order valence-corrected chi connectivity index (χ3v) is 6.26. The molecule has 1 fully saturated rings. The molecule has 6 nitrogen and oxygen atoms in total. The number of piperazine rings is 1. The zero-order chi connectivity index (χ0) is 18.0. The second kappa shape index (κ2) is 7.19. The van der Waals surface area contributed by atoms with Crippen molar-refractivity contribution in [3.8, 4) is 0 Å². The summed E-state index contributed by atoms with van der Waals surface area (Å²) in [5.74, 6) is -0.852. The van der Waals surface area contributed by atoms with Crippen molar-refractivity contribution in [3.05, 3.63) is 48.1 Å². The Morgan fingerprint density at radius 3 is 2.24 bits per heavy atom. The molecule has 0 bridgehead atoms. The normalized spacial score (nSPS) is 17.1. The van der Waals surface area contributed by atoms with Gasteiger partial charge in [0.1, 0.15) is 17.5 Å². The molecule has 0 aliphatic carbocycles. The van der Waals surface area contributed by atoms with Crippen LogP contribution < -0.4 is 0 Å². The SMILES string of the molecule is Cc1nccn1CCN1CCN(S(=O)(=O)c2cc(F)cc(F)c2)CC1. The molecule has 9 heteroatoms. The summed E-state index contributed by atoms with van der Waals surface area (Å²) < 4.78 is 55.0. The minimum atomic E-state index is -3.88. The quantitative estimate of drug-likeness (QED) is 0.800. The molecule has 0 radical (unpaired) electrons. The van der Waals surface area contributed by atoms with Gasteiger partial charge in [-0.1, -0.05) is 0 Å². The summed E-state index contributed by atoms with van der Waals surface area (Å²) >= 11 is 0. The Bertz CT molecular complexity index is 825. The first-order chi connectivity index (χ1) is 11.9. The van der Waals surface area contributed by atoms with Crippen molar-refractivity contribution < 1.29 is 17.2 Å². The second-order valence-electron chi connectivity index (χ2n) is 6.02. The Labute approximate surface area is 145 Å². The second-order valence-corrected chi connectivity index (χ2v) is 7.96. The highest BCUT2D eigenvalue weighted by atomic mass is 32.2. The van der Waals surface area contributed by atoms with Gasteiger partial charge in [0, 0.05) is 57.7 Å². The molecule has 0 amide bonds. The number of hydrogen-bond acceptors (Lipinski definition) is 4. The van der Waals surface area contributed by atoms with Crippen LogP contribution >= 0.6 is 0 Å². The third-order valence-electron chi connectivity index (χ3n) is 4.39. The summed E-state index contributed by atoms with van der Waals surface area (Å²) in [4.78, 5) is 5.99. The highest BCUT2D eigenvalue weighted by Crippen LogP contribution is 2.20. The van der Waals surface area contributed by atoms with Crippen LogP contribution in [0.5, 0.6) is 0 Å². The topological polar surface area (TPSA) is 58.4 Å². The molecular weight excluding hydrogens is 350 g/mol. The van der Waals surface area contributed by atoms with Crippen LogP contribution in [0.2, 0.25) is 0 Å². The maximum Gasteiger partial charge on any atom is 0.243 e. The first kappa shape index (κ1) is 18.0. The van der Waals surface area contributed by atoms with E-state index in [4.69, 9.17) is 0 Å². The van der Waals surface area contributed by atoms with Crippen LogP contribution in [0.4, 0.5) is 8.78 Å². The fourth-order valence-electron chi connectivity index (χ4n) is 2.91. The molecule has 2 heterocycles. The molecule has 1 aliphatic rings. The van der Waals surface area contributed by atoms with Crippen LogP contribution in [0, 0.1) is 18.6 Å². The predicted octanol–water partition coefficient (Wildman–Crippen LogP) is 1.48. The number of imidazole rings is 1. The largest absolute Gasteiger partial charge is 0.334 e. The van der Waals surface area contributed by atoms with E-state index >= 15 is 0 Å². The first-order valence-corrected chi connectivity index (χ1v) is 9.46. The Balaban J connectivity index is 1.60. The third kappa shape index (κ3) is 4.05. The maximum atomic E-state index is 13.3. The predicted molar refractivity (Wildman–Crippen MR) is 88.5 cm³/mol. The number of nitrogens with zero attached hydrogens (tertiary/aromatic N) is 4. The van der Waals surface area contributed by atoms with Gasteiger partial charge < -0.3 is 4.57 Å². The summed E-state index contributed by atoms with van der Waals surface area (Å²) in [6.07, 6.45) is 3.66. The molecule has 0 N–H and O–H groups in total. The van der Waals surface area contributed by atoms with Gasteiger partial charge in [-0.2, -0.15) is 4.31 Å². The molecule has 1 aliphatic heterocycles. The summed E-state index contributed by atoms with van der Waals surface area (Å²) in [7, 11) is -3.88. The lowest BCUT2D eigenvalue weighted by Crippen LogP contribution is -2.49. The molecule has 25 heavy (non-hydrogen) atoms. The Morgan fingerprint density at radius 1 is 1.04 bits per heavy atom. The minimum absolute atomic E-state index is 0.295. The van der Waals surface area contributed by atoms with Crippen molar-refractivity contribution in [2.24, 2.45) is 0 Å². The van der Waals surface area contributed by atoms with Gasteiger partial charge in [-0.15, -0.1) is 0 Å². The average molecular weight is 370 g/mol. The molecule has 1 saturated heterocycles. The van der Waals surface area contributed by atoms with E-state index in [1.165, 1.54) is 4.31 Å². The maximum absolute atomic E-state index is 13.3. The lowest BCUT2D eigenvalue weighted by molar-refractivity contribution is 0.182. The van der Waals surface area contributed by atoms with E-state index in [1.807, 2.05) is 17.7 Å². The number of aromatic nitrogens is 2. The van der Waals surface area contributed by atoms with Gasteiger partial charge in [0.25, 0.3) is 0 Å². The Hall–Kier alpha value is -1.84. The van der Waals surface area contributed by atoms with Gasteiger partial charge in [-0.05, 0) is 19.1 Å². The van der Waals surface area contributed by atoms with Gasteiger partial charge >= 0.3 is 0 Å². The first-order valence-electron chi connectivity index (χ1n) is 8.02. The van der Waals surface area contributed by atoms with E-state index in [-0.39, 0.29) is 4.90 Å². The number of sulfonamides is 1. The van der Waals surface area contributed by atoms with Gasteiger partial charge in [-0.25, -0.2) is 22.2 Å². The Morgan fingerprint density at radius 2 is 1.68 bits per heavy atom. The van der Waals surface area contributed by atoms with E-state index in [2.05, 4.69) is 9.88 Å². The molecule has 2 aromatic rings. The summed E-state index contributed by atoms with van der Waals surface area (Å²) in [6, 6.07) is 2.37. The zero-order valence-electron chi connectivity index (χ0n) is 13.9. The van der Waals surface area contributed by atoms with Crippen molar-refractivity contribution in [3.63, 3.8) is 0 Å². The van der Waals surface area contributed by atoms with Crippen LogP contribution in [-0.4, -0.2) is 59.9 Å². The fourth-order valence-corrected chi connectivity index (χ4v) is 4.37. The van der Waals surface area contributed by atoms with Crippen molar-refractivity contribution in [1.82, 2.24) is 18.8 Å². The van der Waals surface area contributed by atoms with E-state index < -0.39 is 21.7 Å². The van der Waals surface area contributed by atoms with Gasteiger partial charge in [0.2, 0.25) is 10.0 Å². The number of hydrogen-bond donors (Lipinski definition) is 0. The summed E-state index contributed by atoms with van der Waals surface area (Å²) in [5, 5.41) is 0. The molecule has 0 saturated carbocycles. The molecule has 136 valence electrons. The molecular formula is C16H20F2N4O2S. The van der Waals surface area contributed by atoms with Crippen LogP contribution in [-0.2, 0) is 16.6 Å². The van der Waals surface area contributed by atoms with Crippen LogP contribution in [0.25, 0.3) is 0 Å².